The van der Waals surface area contributed by atoms with Gasteiger partial charge in [0.2, 0.25) is 5.88 Å². The lowest BCUT2D eigenvalue weighted by Crippen LogP contribution is -2.41. The van der Waals surface area contributed by atoms with E-state index < -0.39 is 6.04 Å². The third kappa shape index (κ3) is 5.42. The number of nitrogens with zero attached hydrogens (tertiary/aromatic N) is 2. The Morgan fingerprint density at radius 1 is 1.28 bits per heavy atom. The predicted octanol–water partition coefficient (Wildman–Crippen LogP) is 2.05. The second kappa shape index (κ2) is 8.29. The molecule has 2 rings (SSSR count). The molecule has 0 bridgehead atoms. The van der Waals surface area contributed by atoms with Crippen molar-refractivity contribution >= 4 is 11.9 Å². The maximum Gasteiger partial charge on any atom is 0.328 e. The van der Waals surface area contributed by atoms with Crippen molar-refractivity contribution in [2.45, 2.75) is 45.3 Å². The van der Waals surface area contributed by atoms with Crippen molar-refractivity contribution in [1.82, 2.24) is 9.88 Å². The van der Waals surface area contributed by atoms with Crippen LogP contribution in [0.1, 0.15) is 44.0 Å². The van der Waals surface area contributed by atoms with Gasteiger partial charge >= 0.3 is 5.97 Å². The van der Waals surface area contributed by atoms with Gasteiger partial charge in [0.15, 0.2) is 0 Å². The van der Waals surface area contributed by atoms with Crippen LogP contribution in [0, 0.1) is 0 Å². The van der Waals surface area contributed by atoms with Gasteiger partial charge in [-0.3, -0.25) is 4.79 Å². The number of rotatable bonds is 6. The second-order valence-corrected chi connectivity index (χ2v) is 6.87. The molecular weight excluding hydrogens is 324 g/mol. The Bertz CT molecular complexity index is 594. The van der Waals surface area contributed by atoms with Gasteiger partial charge in [-0.2, -0.15) is 0 Å². The van der Waals surface area contributed by atoms with Gasteiger partial charge in [-0.1, -0.05) is 0 Å². The fraction of sp³-hybridized carbons (Fsp3) is 0.611. The van der Waals surface area contributed by atoms with Crippen molar-refractivity contribution in [1.29, 1.82) is 0 Å². The van der Waals surface area contributed by atoms with Crippen LogP contribution in [0.3, 0.4) is 0 Å². The molecule has 0 N–H and O–H groups in total. The summed E-state index contributed by atoms with van der Waals surface area (Å²) in [7, 11) is 1.33. The summed E-state index contributed by atoms with van der Waals surface area (Å²) in [5.41, 5.74) is 0.216. The monoisotopic (exact) mass is 350 g/mol. The standard InChI is InChI=1S/C18H26N2O5/c1-18(2,3)25-11-10-24-15-8-7-13(12-19-15)16(21)20-9-5-6-14(20)17(22)23-4/h7-8,12,14H,5-6,9-11H2,1-4H3. The van der Waals surface area contributed by atoms with E-state index in [0.717, 1.165) is 6.42 Å². The zero-order valence-electron chi connectivity index (χ0n) is 15.3. The van der Waals surface area contributed by atoms with Crippen molar-refractivity contribution < 1.29 is 23.8 Å². The summed E-state index contributed by atoms with van der Waals surface area (Å²) in [5.74, 6) is -0.166. The van der Waals surface area contributed by atoms with E-state index in [1.54, 1.807) is 17.0 Å². The van der Waals surface area contributed by atoms with Gasteiger partial charge < -0.3 is 19.1 Å². The predicted molar refractivity (Wildman–Crippen MR) is 91.5 cm³/mol. The third-order valence-electron chi connectivity index (χ3n) is 3.84. The van der Waals surface area contributed by atoms with Crippen molar-refractivity contribution in [3.8, 4) is 5.88 Å². The van der Waals surface area contributed by atoms with E-state index >= 15 is 0 Å². The lowest BCUT2D eigenvalue weighted by molar-refractivity contribution is -0.145. The molecule has 25 heavy (non-hydrogen) atoms. The molecule has 1 amide bonds. The fourth-order valence-corrected chi connectivity index (χ4v) is 2.64. The van der Waals surface area contributed by atoms with E-state index in [1.165, 1.54) is 13.3 Å². The maximum absolute atomic E-state index is 12.6. The number of pyridine rings is 1. The highest BCUT2D eigenvalue weighted by atomic mass is 16.5. The topological polar surface area (TPSA) is 78.0 Å². The summed E-state index contributed by atoms with van der Waals surface area (Å²) >= 11 is 0. The van der Waals surface area contributed by atoms with E-state index in [0.29, 0.717) is 37.6 Å². The Morgan fingerprint density at radius 2 is 2.04 bits per heavy atom. The van der Waals surface area contributed by atoms with Crippen LogP contribution in [0.4, 0.5) is 0 Å². The molecule has 2 heterocycles. The molecule has 1 aliphatic heterocycles. The molecule has 1 aromatic heterocycles. The Morgan fingerprint density at radius 3 is 2.64 bits per heavy atom. The van der Waals surface area contributed by atoms with Gasteiger partial charge in [0.05, 0.1) is 24.9 Å². The number of aromatic nitrogens is 1. The average molecular weight is 350 g/mol. The molecule has 7 nitrogen and oxygen atoms in total. The first-order chi connectivity index (χ1) is 11.8. The normalized spacial score (nSPS) is 17.4. The molecule has 7 heteroatoms. The molecule has 1 saturated heterocycles. The minimum atomic E-state index is -0.511. The molecule has 1 aliphatic rings. The molecule has 0 saturated carbocycles. The van der Waals surface area contributed by atoms with Gasteiger partial charge in [0.25, 0.3) is 5.91 Å². The van der Waals surface area contributed by atoms with E-state index in [4.69, 9.17) is 14.2 Å². The second-order valence-electron chi connectivity index (χ2n) is 6.87. The van der Waals surface area contributed by atoms with Crippen LogP contribution in [-0.2, 0) is 14.3 Å². The lowest BCUT2D eigenvalue weighted by atomic mass is 10.2. The number of methoxy groups -OCH3 is 1. The van der Waals surface area contributed by atoms with Gasteiger partial charge in [0.1, 0.15) is 12.6 Å². The summed E-state index contributed by atoms with van der Waals surface area (Å²) in [6.07, 6.45) is 2.88. The average Bonchev–Trinajstić information content (AvgIpc) is 3.07. The number of carbonyl (C=O) groups excluding carboxylic acids is 2. The number of likely N-dealkylation sites (tertiary alicyclic amines) is 1. The van der Waals surface area contributed by atoms with E-state index in [9.17, 15) is 9.59 Å². The van der Waals surface area contributed by atoms with Crippen molar-refractivity contribution in [2.75, 3.05) is 26.9 Å². The number of ether oxygens (including phenoxy) is 3. The highest BCUT2D eigenvalue weighted by molar-refractivity contribution is 5.96. The first-order valence-corrected chi connectivity index (χ1v) is 8.43. The van der Waals surface area contributed by atoms with Crippen LogP contribution in [0.15, 0.2) is 18.3 Å². The van der Waals surface area contributed by atoms with Crippen molar-refractivity contribution in [3.05, 3.63) is 23.9 Å². The maximum atomic E-state index is 12.6. The molecular formula is C18H26N2O5. The molecule has 0 aliphatic carbocycles. The number of carbonyl (C=O) groups is 2. The number of amides is 1. The molecule has 1 unspecified atom stereocenters. The minimum absolute atomic E-state index is 0.209. The summed E-state index contributed by atoms with van der Waals surface area (Å²) in [6.45, 7) is 7.32. The summed E-state index contributed by atoms with van der Waals surface area (Å²) in [6, 6.07) is 2.79. The van der Waals surface area contributed by atoms with Gasteiger partial charge in [-0.25, -0.2) is 9.78 Å². The van der Waals surface area contributed by atoms with Crippen LogP contribution in [0.2, 0.25) is 0 Å². The van der Waals surface area contributed by atoms with Crippen LogP contribution >= 0.6 is 0 Å². The Balaban J connectivity index is 1.90. The highest BCUT2D eigenvalue weighted by Crippen LogP contribution is 2.21. The third-order valence-corrected chi connectivity index (χ3v) is 3.84. The van der Waals surface area contributed by atoms with Crippen LogP contribution < -0.4 is 4.74 Å². The number of hydrogen-bond acceptors (Lipinski definition) is 6. The SMILES string of the molecule is COC(=O)C1CCCN1C(=O)c1ccc(OCCOC(C)(C)C)nc1. The first kappa shape index (κ1) is 19.2. The fourth-order valence-electron chi connectivity index (χ4n) is 2.64. The quantitative estimate of drug-likeness (QED) is 0.577. The van der Waals surface area contributed by atoms with Gasteiger partial charge in [0, 0.05) is 18.8 Å². The van der Waals surface area contributed by atoms with Crippen molar-refractivity contribution in [2.24, 2.45) is 0 Å². The van der Waals surface area contributed by atoms with Crippen LogP contribution in [0.25, 0.3) is 0 Å². The van der Waals surface area contributed by atoms with Crippen LogP contribution in [0.5, 0.6) is 5.88 Å². The molecule has 1 aromatic rings. The zero-order chi connectivity index (χ0) is 18.4. The first-order valence-electron chi connectivity index (χ1n) is 8.43. The molecule has 0 aromatic carbocycles. The highest BCUT2D eigenvalue weighted by Gasteiger charge is 2.35. The summed E-state index contributed by atoms with van der Waals surface area (Å²) < 4.78 is 15.8. The van der Waals surface area contributed by atoms with Gasteiger partial charge in [-0.15, -0.1) is 0 Å². The minimum Gasteiger partial charge on any atom is -0.475 e. The van der Waals surface area contributed by atoms with Crippen molar-refractivity contribution in [3.63, 3.8) is 0 Å². The van der Waals surface area contributed by atoms with Crippen LogP contribution in [-0.4, -0.2) is 60.3 Å². The Kier molecular flexibility index (Phi) is 6.36. The smallest absolute Gasteiger partial charge is 0.328 e. The molecule has 138 valence electrons. The lowest BCUT2D eigenvalue weighted by Gasteiger charge is -2.22. The molecule has 1 fully saturated rings. The largest absolute Gasteiger partial charge is 0.475 e. The van der Waals surface area contributed by atoms with Gasteiger partial charge in [-0.05, 0) is 39.7 Å². The summed E-state index contributed by atoms with van der Waals surface area (Å²) in [5, 5.41) is 0. The number of esters is 1. The molecule has 1 atom stereocenters. The number of hydrogen-bond donors (Lipinski definition) is 0. The van der Waals surface area contributed by atoms with E-state index in [-0.39, 0.29) is 17.5 Å². The van der Waals surface area contributed by atoms with E-state index in [2.05, 4.69) is 4.98 Å². The Labute approximate surface area is 148 Å². The Hall–Kier alpha value is -2.15. The van der Waals surface area contributed by atoms with E-state index in [1.807, 2.05) is 20.8 Å². The zero-order valence-corrected chi connectivity index (χ0v) is 15.3. The summed E-state index contributed by atoms with van der Waals surface area (Å²) in [4.78, 5) is 30.0. The molecule has 0 spiro atoms. The molecule has 0 radical (unpaired) electrons.